The highest BCUT2D eigenvalue weighted by Gasteiger charge is 1.78. The molecule has 0 saturated carbocycles. The second-order valence-corrected chi connectivity index (χ2v) is 2.65. The van der Waals surface area contributed by atoms with Crippen molar-refractivity contribution in [3.63, 3.8) is 0 Å². The van der Waals surface area contributed by atoms with Gasteiger partial charge in [0, 0.05) is 11.2 Å². The molecule has 0 radical (unpaired) electrons. The molecule has 2 N–H and O–H groups in total. The van der Waals surface area contributed by atoms with E-state index in [1.165, 1.54) is 0 Å². The van der Waals surface area contributed by atoms with Gasteiger partial charge in [0.15, 0.2) is 0 Å². The predicted octanol–water partition coefficient (Wildman–Crippen LogP) is -0.263. The minimum absolute atomic E-state index is 0. The third-order valence-electron chi connectivity index (χ3n) is 0. The lowest BCUT2D eigenvalue weighted by atomic mass is 15.8. The zero-order chi connectivity index (χ0) is 4.50. The monoisotopic (exact) mass is 148 g/mol. The first-order chi connectivity index (χ1) is 2.00. The molecule has 40 valence electrons. The Balaban J connectivity index is 0. The van der Waals surface area contributed by atoms with Gasteiger partial charge in [-0.1, -0.05) is 0 Å². The van der Waals surface area contributed by atoms with Gasteiger partial charge in [-0.15, -0.1) is 0 Å². The quantitative estimate of drug-likeness (QED) is 0.464. The fraction of sp³-hybridized carbons (Fsp3) is 0. The maximum absolute atomic E-state index is 9.11. The first-order valence-corrected chi connectivity index (χ1v) is 3.10. The zero-order valence-corrected chi connectivity index (χ0v) is 5.87. The van der Waals surface area contributed by atoms with E-state index in [1.54, 1.807) is 0 Å². The summed E-state index contributed by atoms with van der Waals surface area (Å²) in [6.45, 7) is 0. The third kappa shape index (κ3) is 126. The highest BCUT2D eigenvalue weighted by atomic mass is 32.9. The van der Waals surface area contributed by atoms with Crippen LogP contribution in [0.1, 0.15) is 0 Å². The third-order valence-corrected chi connectivity index (χ3v) is 0. The van der Waals surface area contributed by atoms with E-state index in [9.17, 15) is 0 Å². The van der Waals surface area contributed by atoms with Gasteiger partial charge in [-0.05, 0) is 0 Å². The first kappa shape index (κ1) is 9.87. The SMILES string of the molecule is O=S(O)(O)=S.P. The highest BCUT2D eigenvalue weighted by molar-refractivity contribution is 8.26. The summed E-state index contributed by atoms with van der Waals surface area (Å²) in [4.78, 5) is 0. The van der Waals surface area contributed by atoms with Crippen molar-refractivity contribution in [1.82, 2.24) is 0 Å². The molecular formula is H5O3PS2. The van der Waals surface area contributed by atoms with Gasteiger partial charge >= 0.3 is 0 Å². The van der Waals surface area contributed by atoms with Gasteiger partial charge in [0.1, 0.15) is 0 Å². The minimum atomic E-state index is -3.83. The van der Waals surface area contributed by atoms with Crippen LogP contribution in [0.15, 0.2) is 0 Å². The highest BCUT2D eigenvalue weighted by Crippen LogP contribution is 1.62. The van der Waals surface area contributed by atoms with Gasteiger partial charge in [-0.3, -0.25) is 9.11 Å². The normalized spacial score (nSPS) is 9.67. The molecule has 0 saturated heterocycles. The van der Waals surface area contributed by atoms with Crippen molar-refractivity contribution in [2.24, 2.45) is 0 Å². The second kappa shape index (κ2) is 2.82. The van der Waals surface area contributed by atoms with Crippen LogP contribution in [-0.4, -0.2) is 13.3 Å². The standard InChI is InChI=1S/H2O3S2.H3P/c1-5(2,3)4;/h(H2,1,2,3,4);1H3. The molecule has 1 unspecified atom stereocenters. The molecule has 0 aliphatic carbocycles. The van der Waals surface area contributed by atoms with Crippen LogP contribution in [0.25, 0.3) is 0 Å². The summed E-state index contributed by atoms with van der Waals surface area (Å²) in [5, 5.41) is 0. The van der Waals surface area contributed by atoms with Crippen LogP contribution < -0.4 is 0 Å². The van der Waals surface area contributed by atoms with Crippen LogP contribution in [0.3, 0.4) is 0 Å². The molecule has 0 bridgehead atoms. The molecule has 0 rings (SSSR count). The van der Waals surface area contributed by atoms with Crippen LogP contribution in [0.5, 0.6) is 0 Å². The Labute approximate surface area is 44.1 Å². The number of hydrogen-bond donors (Lipinski definition) is 2. The van der Waals surface area contributed by atoms with Crippen LogP contribution in [0.2, 0.25) is 0 Å². The van der Waals surface area contributed by atoms with Gasteiger partial charge in [0.05, 0.1) is 0 Å². The summed E-state index contributed by atoms with van der Waals surface area (Å²) in [5.41, 5.74) is 0. The van der Waals surface area contributed by atoms with Crippen LogP contribution >= 0.6 is 9.90 Å². The molecular weight excluding hydrogens is 143 g/mol. The predicted molar refractivity (Wildman–Crippen MR) is 31.9 cm³/mol. The largest absolute Gasteiger partial charge is 0.285 e. The van der Waals surface area contributed by atoms with E-state index in [0.717, 1.165) is 0 Å². The molecule has 1 atom stereocenters. The molecule has 3 nitrogen and oxygen atoms in total. The average molecular weight is 148 g/mol. The molecule has 0 amide bonds. The summed E-state index contributed by atoms with van der Waals surface area (Å²) >= 11 is 3.47. The van der Waals surface area contributed by atoms with E-state index in [0.29, 0.717) is 0 Å². The molecule has 6 heteroatoms. The topological polar surface area (TPSA) is 57.5 Å². The molecule has 0 aliphatic heterocycles. The maximum atomic E-state index is 9.11. The van der Waals surface area contributed by atoms with E-state index in [4.69, 9.17) is 13.3 Å². The minimum Gasteiger partial charge on any atom is -0.285 e. The van der Waals surface area contributed by atoms with Crippen molar-refractivity contribution in [2.45, 2.75) is 0 Å². The molecule has 0 aliphatic rings. The molecule has 0 fully saturated rings. The summed E-state index contributed by atoms with van der Waals surface area (Å²) in [6.07, 6.45) is 0. The second-order valence-electron chi connectivity index (χ2n) is 0.448. The summed E-state index contributed by atoms with van der Waals surface area (Å²) in [6, 6.07) is 0. The van der Waals surface area contributed by atoms with Crippen molar-refractivity contribution in [3.8, 4) is 0 Å². The number of hydrogen-bond acceptors (Lipinski definition) is 2. The van der Waals surface area contributed by atoms with E-state index < -0.39 is 9.05 Å². The first-order valence-electron chi connectivity index (χ1n) is 0.698. The number of rotatable bonds is 0. The Morgan fingerprint density at radius 1 is 1.50 bits per heavy atom. The fourth-order valence-electron chi connectivity index (χ4n) is 0. The van der Waals surface area contributed by atoms with Gasteiger partial charge < -0.3 is 0 Å². The summed E-state index contributed by atoms with van der Waals surface area (Å²) in [7, 11) is -3.83. The van der Waals surface area contributed by atoms with Crippen molar-refractivity contribution in [3.05, 3.63) is 0 Å². The van der Waals surface area contributed by atoms with Gasteiger partial charge in [-0.25, -0.2) is 0 Å². The molecule has 0 aromatic carbocycles. The van der Waals surface area contributed by atoms with Gasteiger partial charge in [-0.2, -0.15) is 14.1 Å². The van der Waals surface area contributed by atoms with Crippen LogP contribution in [0, 0.1) is 0 Å². The maximum Gasteiger partial charge on any atom is 0.263 e. The smallest absolute Gasteiger partial charge is 0.263 e. The molecule has 0 aromatic heterocycles. The lowest BCUT2D eigenvalue weighted by Crippen LogP contribution is -1.86. The summed E-state index contributed by atoms with van der Waals surface area (Å²) < 4.78 is 24.0. The Morgan fingerprint density at radius 2 is 1.50 bits per heavy atom. The Morgan fingerprint density at radius 3 is 1.50 bits per heavy atom. The van der Waals surface area contributed by atoms with Gasteiger partial charge in [0.2, 0.25) is 0 Å². The fourth-order valence-corrected chi connectivity index (χ4v) is 0. The Hall–Kier alpha value is 0.720. The molecule has 0 spiro atoms. The van der Waals surface area contributed by atoms with E-state index in [2.05, 4.69) is 11.2 Å². The van der Waals surface area contributed by atoms with Crippen LogP contribution in [0.4, 0.5) is 0 Å². The lowest BCUT2D eigenvalue weighted by molar-refractivity contribution is 0.450. The lowest BCUT2D eigenvalue weighted by Gasteiger charge is -1.73. The molecule has 0 heterocycles. The Kier molecular flexibility index (Phi) is 4.64. The Bertz CT molecular complexity index is 92.0. The average Bonchev–Trinajstić information content (AvgIpc) is 0.722. The van der Waals surface area contributed by atoms with Gasteiger partial charge in [0.25, 0.3) is 9.05 Å². The van der Waals surface area contributed by atoms with Crippen molar-refractivity contribution >= 4 is 30.1 Å². The van der Waals surface area contributed by atoms with E-state index >= 15 is 0 Å². The van der Waals surface area contributed by atoms with Crippen LogP contribution in [-0.2, 0) is 20.2 Å². The summed E-state index contributed by atoms with van der Waals surface area (Å²) in [5.74, 6) is 0. The van der Waals surface area contributed by atoms with E-state index in [1.807, 2.05) is 0 Å². The zero-order valence-electron chi connectivity index (χ0n) is 2.83. The van der Waals surface area contributed by atoms with Crippen molar-refractivity contribution in [2.75, 3.05) is 0 Å². The van der Waals surface area contributed by atoms with Crippen molar-refractivity contribution in [1.29, 1.82) is 0 Å². The van der Waals surface area contributed by atoms with Crippen molar-refractivity contribution < 1.29 is 13.3 Å². The molecule has 0 aromatic rings. The van der Waals surface area contributed by atoms with E-state index in [-0.39, 0.29) is 9.90 Å². The molecule has 6 heavy (non-hydrogen) atoms.